The van der Waals surface area contributed by atoms with Crippen molar-refractivity contribution in [3.8, 4) is 5.69 Å². The van der Waals surface area contributed by atoms with Gasteiger partial charge in [-0.1, -0.05) is 66.7 Å². The van der Waals surface area contributed by atoms with Crippen LogP contribution in [-0.2, 0) is 7.05 Å². The van der Waals surface area contributed by atoms with E-state index < -0.39 is 0 Å². The van der Waals surface area contributed by atoms with Gasteiger partial charge < -0.3 is 13.6 Å². The van der Waals surface area contributed by atoms with Crippen molar-refractivity contribution in [2.75, 3.05) is 0 Å². The van der Waals surface area contributed by atoms with Crippen molar-refractivity contribution in [2.45, 2.75) is 0 Å². The molecule has 0 amide bonds. The lowest BCUT2D eigenvalue weighted by Crippen LogP contribution is -1.94. The molecular weight excluding hydrogens is 416 g/mol. The molecule has 8 rings (SSSR count). The summed E-state index contributed by atoms with van der Waals surface area (Å²) in [4.78, 5) is 0. The highest BCUT2D eigenvalue weighted by Gasteiger charge is 2.19. The van der Waals surface area contributed by atoms with Crippen molar-refractivity contribution in [1.29, 1.82) is 0 Å². The third-order valence-electron chi connectivity index (χ3n) is 7.33. The summed E-state index contributed by atoms with van der Waals surface area (Å²) in [5.74, 6) is 0. The summed E-state index contributed by atoms with van der Waals surface area (Å²) in [7, 11) is 2.16. The van der Waals surface area contributed by atoms with Gasteiger partial charge in [-0.15, -0.1) is 0 Å². The minimum absolute atomic E-state index is 0.919. The van der Waals surface area contributed by atoms with Crippen molar-refractivity contribution in [3.63, 3.8) is 0 Å². The van der Waals surface area contributed by atoms with Gasteiger partial charge in [0.2, 0.25) is 0 Å². The summed E-state index contributed by atoms with van der Waals surface area (Å²) < 4.78 is 11.1. The Morgan fingerprint density at radius 1 is 0.500 bits per heavy atom. The van der Waals surface area contributed by atoms with E-state index in [1.165, 1.54) is 43.6 Å². The molecule has 3 aromatic heterocycles. The number of furan rings is 1. The summed E-state index contributed by atoms with van der Waals surface area (Å²) in [5.41, 5.74) is 7.79. The number of aromatic nitrogens is 2. The number of benzene rings is 5. The molecule has 8 aromatic rings. The number of aryl methyl sites for hydroxylation is 1. The average molecular weight is 437 g/mol. The van der Waals surface area contributed by atoms with Gasteiger partial charge in [0.15, 0.2) is 5.58 Å². The summed E-state index contributed by atoms with van der Waals surface area (Å²) in [6.07, 6.45) is 0. The van der Waals surface area contributed by atoms with E-state index >= 15 is 0 Å². The highest BCUT2D eigenvalue weighted by Crippen LogP contribution is 2.40. The number of hydrogen-bond donors (Lipinski definition) is 0. The van der Waals surface area contributed by atoms with Crippen LogP contribution < -0.4 is 0 Å². The fourth-order valence-electron chi connectivity index (χ4n) is 5.79. The maximum Gasteiger partial charge on any atom is 0.159 e. The molecule has 0 saturated heterocycles. The number of fused-ring (bicyclic) bond motifs is 9. The van der Waals surface area contributed by atoms with Crippen LogP contribution in [0.5, 0.6) is 0 Å². The molecule has 0 aliphatic heterocycles. The maximum atomic E-state index is 6.44. The lowest BCUT2D eigenvalue weighted by atomic mass is 10.1. The van der Waals surface area contributed by atoms with Crippen LogP contribution in [0.3, 0.4) is 0 Å². The van der Waals surface area contributed by atoms with Crippen LogP contribution in [-0.4, -0.2) is 9.13 Å². The Kier molecular flexibility index (Phi) is 3.33. The first-order valence-electron chi connectivity index (χ1n) is 11.6. The molecule has 3 heteroatoms. The Morgan fingerprint density at radius 2 is 1.12 bits per heavy atom. The molecule has 0 fully saturated rings. The fraction of sp³-hybridized carbons (Fsp3) is 0.0323. The van der Waals surface area contributed by atoms with Crippen LogP contribution in [0.25, 0.3) is 71.2 Å². The molecule has 3 heterocycles. The topological polar surface area (TPSA) is 23.0 Å². The molecule has 5 aromatic carbocycles. The number of nitrogens with zero attached hydrogens (tertiary/aromatic N) is 2. The summed E-state index contributed by atoms with van der Waals surface area (Å²) in [6, 6.07) is 36.8. The lowest BCUT2D eigenvalue weighted by molar-refractivity contribution is 0.666. The van der Waals surface area contributed by atoms with E-state index in [1.54, 1.807) is 0 Å². The molecule has 0 radical (unpaired) electrons. The molecule has 160 valence electrons. The molecule has 0 atom stereocenters. The summed E-state index contributed by atoms with van der Waals surface area (Å²) in [6.45, 7) is 0. The Hall–Kier alpha value is -4.50. The molecule has 0 spiro atoms. The van der Waals surface area contributed by atoms with E-state index in [2.05, 4.69) is 107 Å². The number of rotatable bonds is 1. The van der Waals surface area contributed by atoms with Crippen LogP contribution in [0.4, 0.5) is 0 Å². The maximum absolute atomic E-state index is 6.44. The van der Waals surface area contributed by atoms with E-state index in [9.17, 15) is 0 Å². The van der Waals surface area contributed by atoms with Gasteiger partial charge in [-0.05, 0) is 36.4 Å². The van der Waals surface area contributed by atoms with Gasteiger partial charge in [-0.2, -0.15) is 0 Å². The molecular formula is C31H20N2O. The third kappa shape index (κ3) is 2.16. The van der Waals surface area contributed by atoms with Gasteiger partial charge >= 0.3 is 0 Å². The van der Waals surface area contributed by atoms with E-state index in [0.717, 1.165) is 27.6 Å². The minimum Gasteiger partial charge on any atom is -0.454 e. The number of hydrogen-bond acceptors (Lipinski definition) is 1. The van der Waals surface area contributed by atoms with Gasteiger partial charge in [0.05, 0.1) is 16.7 Å². The van der Waals surface area contributed by atoms with E-state index in [1.807, 2.05) is 12.1 Å². The molecule has 0 unspecified atom stereocenters. The van der Waals surface area contributed by atoms with Gasteiger partial charge in [0.1, 0.15) is 5.58 Å². The van der Waals surface area contributed by atoms with E-state index in [4.69, 9.17) is 4.42 Å². The zero-order chi connectivity index (χ0) is 22.4. The highest BCUT2D eigenvalue weighted by molar-refractivity contribution is 6.19. The largest absolute Gasteiger partial charge is 0.454 e. The van der Waals surface area contributed by atoms with Crippen LogP contribution in [0.1, 0.15) is 0 Å². The van der Waals surface area contributed by atoms with E-state index in [-0.39, 0.29) is 0 Å². The molecule has 3 nitrogen and oxygen atoms in total. The van der Waals surface area contributed by atoms with Crippen molar-refractivity contribution in [2.24, 2.45) is 7.05 Å². The first-order valence-corrected chi connectivity index (χ1v) is 11.6. The lowest BCUT2D eigenvalue weighted by Gasteiger charge is -2.09. The smallest absolute Gasteiger partial charge is 0.159 e. The van der Waals surface area contributed by atoms with Crippen LogP contribution in [0.2, 0.25) is 0 Å². The van der Waals surface area contributed by atoms with Crippen LogP contribution >= 0.6 is 0 Å². The quantitative estimate of drug-likeness (QED) is 0.254. The van der Waals surface area contributed by atoms with Crippen LogP contribution in [0.15, 0.2) is 108 Å². The van der Waals surface area contributed by atoms with Crippen molar-refractivity contribution in [1.82, 2.24) is 9.13 Å². The Labute approximate surface area is 195 Å². The minimum atomic E-state index is 0.919. The zero-order valence-electron chi connectivity index (χ0n) is 18.6. The molecule has 0 aliphatic rings. The normalized spacial score (nSPS) is 12.3. The first kappa shape index (κ1) is 18.0. The Morgan fingerprint density at radius 3 is 1.97 bits per heavy atom. The molecule has 0 N–H and O–H groups in total. The molecule has 0 aliphatic carbocycles. The zero-order valence-corrected chi connectivity index (χ0v) is 18.6. The summed E-state index contributed by atoms with van der Waals surface area (Å²) >= 11 is 0. The van der Waals surface area contributed by atoms with Gasteiger partial charge in [-0.3, -0.25) is 0 Å². The van der Waals surface area contributed by atoms with Crippen molar-refractivity contribution < 1.29 is 4.42 Å². The average Bonchev–Trinajstić information content (AvgIpc) is 3.51. The highest BCUT2D eigenvalue weighted by atomic mass is 16.3. The van der Waals surface area contributed by atoms with Crippen LogP contribution in [0, 0.1) is 0 Å². The van der Waals surface area contributed by atoms with Crippen molar-refractivity contribution >= 4 is 65.6 Å². The Bertz CT molecular complexity index is 2080. The summed E-state index contributed by atoms with van der Waals surface area (Å²) in [5, 5.41) is 7.34. The standard InChI is InChI=1S/C31H20N2O/c1-32-25-13-5-2-9-19(25)23-18-29-24(17-28(23)32)20-10-3-6-14-26(20)33(29)27-15-8-12-22-21-11-4-7-16-30(21)34-31(22)27/h2-18H,1H3. The number of para-hydroxylation sites is 4. The Balaban J connectivity index is 1.59. The molecule has 0 saturated carbocycles. The SMILES string of the molecule is Cn1c2ccccc2c2cc3c(cc21)c1ccccc1n3-c1cccc2c1oc1ccccc12. The second-order valence-corrected chi connectivity index (χ2v) is 9.07. The monoisotopic (exact) mass is 436 g/mol. The fourth-order valence-corrected chi connectivity index (χ4v) is 5.79. The van der Waals surface area contributed by atoms with E-state index in [0.29, 0.717) is 0 Å². The molecule has 34 heavy (non-hydrogen) atoms. The predicted octanol–water partition coefficient (Wildman–Crippen LogP) is 8.33. The second-order valence-electron chi connectivity index (χ2n) is 9.07. The van der Waals surface area contributed by atoms with Gasteiger partial charge in [0, 0.05) is 50.4 Å². The predicted molar refractivity (Wildman–Crippen MR) is 142 cm³/mol. The van der Waals surface area contributed by atoms with Gasteiger partial charge in [-0.25, -0.2) is 0 Å². The second kappa shape index (κ2) is 6.30. The molecule has 0 bridgehead atoms. The first-order chi connectivity index (χ1) is 16.8. The third-order valence-corrected chi connectivity index (χ3v) is 7.33. The van der Waals surface area contributed by atoms with Gasteiger partial charge in [0.25, 0.3) is 0 Å². The van der Waals surface area contributed by atoms with Crippen molar-refractivity contribution in [3.05, 3.63) is 103 Å².